The molecular formula is C26H25N3O2. The number of carbonyl (C=O) groups is 1. The van der Waals surface area contributed by atoms with Crippen molar-refractivity contribution in [2.45, 2.75) is 31.9 Å². The van der Waals surface area contributed by atoms with Crippen LogP contribution in [-0.4, -0.2) is 34.4 Å². The molecule has 0 saturated carbocycles. The first-order valence-corrected chi connectivity index (χ1v) is 10.7. The monoisotopic (exact) mass is 411 g/mol. The van der Waals surface area contributed by atoms with E-state index in [9.17, 15) is 4.79 Å². The van der Waals surface area contributed by atoms with Crippen LogP contribution < -0.4 is 5.32 Å². The van der Waals surface area contributed by atoms with Crippen molar-refractivity contribution in [3.8, 4) is 16.9 Å². The lowest BCUT2D eigenvalue weighted by Crippen LogP contribution is -2.41. The minimum atomic E-state index is -0.0933. The summed E-state index contributed by atoms with van der Waals surface area (Å²) < 4.78 is 7.42. The minimum absolute atomic E-state index is 0.0933. The third kappa shape index (κ3) is 3.97. The Labute approximate surface area is 181 Å². The van der Waals surface area contributed by atoms with Gasteiger partial charge in [-0.05, 0) is 42.7 Å². The zero-order chi connectivity index (χ0) is 21.2. The number of nitrogens with zero attached hydrogens (tertiary/aromatic N) is 2. The normalized spacial score (nSPS) is 18.7. The fourth-order valence-corrected chi connectivity index (χ4v) is 4.28. The summed E-state index contributed by atoms with van der Waals surface area (Å²) in [5.74, 6) is -0.0933. The molecule has 1 saturated heterocycles. The maximum Gasteiger partial charge on any atom is 0.255 e. The summed E-state index contributed by atoms with van der Waals surface area (Å²) in [6, 6.07) is 24.3. The molecule has 2 heterocycles. The molecule has 5 nitrogen and oxygen atoms in total. The topological polar surface area (TPSA) is 56.2 Å². The number of hydrogen-bond acceptors (Lipinski definition) is 3. The fraction of sp³-hybridized carbons (Fsp3) is 0.231. The minimum Gasteiger partial charge on any atom is -0.378 e. The predicted octanol–water partition coefficient (Wildman–Crippen LogP) is 4.99. The highest BCUT2D eigenvalue weighted by atomic mass is 16.5. The van der Waals surface area contributed by atoms with Gasteiger partial charge in [0, 0.05) is 24.4 Å². The number of carbonyl (C=O) groups excluding carboxylic acids is 1. The van der Waals surface area contributed by atoms with Gasteiger partial charge < -0.3 is 10.1 Å². The van der Waals surface area contributed by atoms with E-state index in [1.54, 1.807) is 4.68 Å². The van der Waals surface area contributed by atoms with E-state index in [1.165, 1.54) is 0 Å². The first-order valence-electron chi connectivity index (χ1n) is 10.7. The van der Waals surface area contributed by atoms with E-state index in [-0.39, 0.29) is 18.1 Å². The van der Waals surface area contributed by atoms with Gasteiger partial charge in [0.25, 0.3) is 5.91 Å². The van der Waals surface area contributed by atoms with Gasteiger partial charge in [0.1, 0.15) is 5.69 Å². The van der Waals surface area contributed by atoms with E-state index < -0.39 is 0 Å². The Morgan fingerprint density at radius 2 is 1.81 bits per heavy atom. The highest BCUT2D eigenvalue weighted by molar-refractivity contribution is 6.05. The van der Waals surface area contributed by atoms with E-state index in [1.807, 2.05) is 67.7 Å². The van der Waals surface area contributed by atoms with E-state index in [0.717, 1.165) is 34.9 Å². The van der Waals surface area contributed by atoms with Crippen molar-refractivity contribution in [2.24, 2.45) is 0 Å². The van der Waals surface area contributed by atoms with Gasteiger partial charge in [0.15, 0.2) is 0 Å². The van der Waals surface area contributed by atoms with Crippen LogP contribution in [0.2, 0.25) is 0 Å². The lowest BCUT2D eigenvalue weighted by atomic mass is 9.99. The first kappa shape index (κ1) is 19.5. The molecule has 0 radical (unpaired) electrons. The molecule has 1 N–H and O–H groups in total. The van der Waals surface area contributed by atoms with Gasteiger partial charge in [0.05, 0.1) is 17.4 Å². The van der Waals surface area contributed by atoms with Gasteiger partial charge in [-0.1, -0.05) is 60.7 Å². The van der Waals surface area contributed by atoms with Crippen LogP contribution in [0.5, 0.6) is 0 Å². The molecule has 0 spiro atoms. The Kier molecular flexibility index (Phi) is 5.26. The van der Waals surface area contributed by atoms with Crippen LogP contribution in [0.1, 0.15) is 30.1 Å². The van der Waals surface area contributed by atoms with E-state index in [2.05, 4.69) is 23.5 Å². The molecule has 156 valence electrons. The van der Waals surface area contributed by atoms with Crippen LogP contribution in [0.25, 0.3) is 27.7 Å². The second-order valence-electron chi connectivity index (χ2n) is 8.07. The molecule has 5 heteroatoms. The van der Waals surface area contributed by atoms with Gasteiger partial charge in [-0.15, -0.1) is 0 Å². The zero-order valence-corrected chi connectivity index (χ0v) is 17.5. The number of amides is 1. The lowest BCUT2D eigenvalue weighted by Gasteiger charge is -2.27. The van der Waals surface area contributed by atoms with Crippen molar-refractivity contribution < 1.29 is 9.53 Å². The van der Waals surface area contributed by atoms with Crippen LogP contribution in [0, 0.1) is 0 Å². The zero-order valence-electron chi connectivity index (χ0n) is 17.5. The average Bonchev–Trinajstić information content (AvgIpc) is 3.25. The first-order chi connectivity index (χ1) is 15.2. The van der Waals surface area contributed by atoms with Crippen LogP contribution in [0.15, 0.2) is 79.0 Å². The van der Waals surface area contributed by atoms with Gasteiger partial charge in [-0.25, -0.2) is 4.68 Å². The molecule has 4 aromatic rings. The number of hydrogen-bond donors (Lipinski definition) is 1. The second-order valence-corrected chi connectivity index (χ2v) is 8.07. The molecule has 31 heavy (non-hydrogen) atoms. The molecule has 1 aromatic heterocycles. The maximum absolute atomic E-state index is 13.4. The molecule has 2 unspecified atom stereocenters. The van der Waals surface area contributed by atoms with Gasteiger partial charge in [-0.3, -0.25) is 4.79 Å². The predicted molar refractivity (Wildman–Crippen MR) is 122 cm³/mol. The van der Waals surface area contributed by atoms with Crippen LogP contribution in [-0.2, 0) is 4.74 Å². The smallest absolute Gasteiger partial charge is 0.255 e. The van der Waals surface area contributed by atoms with Crippen LogP contribution >= 0.6 is 0 Å². The quantitative estimate of drug-likeness (QED) is 0.515. The molecular weight excluding hydrogens is 386 g/mol. The number of aromatic nitrogens is 2. The van der Waals surface area contributed by atoms with Crippen molar-refractivity contribution in [1.82, 2.24) is 15.1 Å². The Hall–Kier alpha value is -3.44. The third-order valence-corrected chi connectivity index (χ3v) is 5.84. The summed E-state index contributed by atoms with van der Waals surface area (Å²) in [7, 11) is 0. The maximum atomic E-state index is 13.4. The van der Waals surface area contributed by atoms with Crippen molar-refractivity contribution in [3.63, 3.8) is 0 Å². The number of para-hydroxylation sites is 1. The second kappa shape index (κ2) is 8.36. The summed E-state index contributed by atoms with van der Waals surface area (Å²) in [6.07, 6.45) is 3.64. The highest BCUT2D eigenvalue weighted by Crippen LogP contribution is 2.31. The van der Waals surface area contributed by atoms with Gasteiger partial charge in [-0.2, -0.15) is 5.10 Å². The number of nitrogens with one attached hydrogen (secondary N) is 1. The molecule has 0 aliphatic carbocycles. The average molecular weight is 412 g/mol. The molecule has 1 aliphatic heterocycles. The molecule has 2 atom stereocenters. The van der Waals surface area contributed by atoms with Crippen LogP contribution in [0.4, 0.5) is 0 Å². The Morgan fingerprint density at radius 1 is 1.03 bits per heavy atom. The van der Waals surface area contributed by atoms with E-state index >= 15 is 0 Å². The van der Waals surface area contributed by atoms with Crippen molar-refractivity contribution in [1.29, 1.82) is 0 Å². The number of fused-ring (bicyclic) bond motifs is 1. The number of rotatable bonds is 4. The summed E-state index contributed by atoms with van der Waals surface area (Å²) in [4.78, 5) is 13.4. The molecule has 1 aliphatic rings. The molecule has 3 aromatic carbocycles. The largest absolute Gasteiger partial charge is 0.378 e. The molecule has 5 rings (SSSR count). The highest BCUT2D eigenvalue weighted by Gasteiger charge is 2.25. The molecule has 0 bridgehead atoms. The SMILES string of the molecule is CC1CC(NC(=O)c2cn(-c3ccccc3)nc2-c2cccc3ccccc23)CCO1. The van der Waals surface area contributed by atoms with E-state index in [0.29, 0.717) is 17.9 Å². The lowest BCUT2D eigenvalue weighted by molar-refractivity contribution is 0.0137. The fourth-order valence-electron chi connectivity index (χ4n) is 4.28. The molecule has 1 amide bonds. The Balaban J connectivity index is 1.59. The summed E-state index contributed by atoms with van der Waals surface area (Å²) in [5.41, 5.74) is 3.15. The summed E-state index contributed by atoms with van der Waals surface area (Å²) >= 11 is 0. The standard InChI is InChI=1S/C26H25N3O2/c1-18-16-20(14-15-31-18)27-26(30)24-17-29(21-10-3-2-4-11-21)28-25(24)23-13-7-9-19-8-5-6-12-22(19)23/h2-13,17-18,20H,14-16H2,1H3,(H,27,30). The summed E-state index contributed by atoms with van der Waals surface area (Å²) in [6.45, 7) is 2.72. The van der Waals surface area contributed by atoms with E-state index in [4.69, 9.17) is 9.84 Å². The Bertz CT molecular complexity index is 1210. The number of ether oxygens (including phenoxy) is 1. The van der Waals surface area contributed by atoms with Crippen LogP contribution in [0.3, 0.4) is 0 Å². The van der Waals surface area contributed by atoms with Crippen molar-refractivity contribution in [3.05, 3.63) is 84.6 Å². The Morgan fingerprint density at radius 3 is 2.65 bits per heavy atom. The van der Waals surface area contributed by atoms with Crippen molar-refractivity contribution in [2.75, 3.05) is 6.61 Å². The number of benzene rings is 3. The van der Waals surface area contributed by atoms with Crippen molar-refractivity contribution >= 4 is 16.7 Å². The third-order valence-electron chi connectivity index (χ3n) is 5.84. The van der Waals surface area contributed by atoms with Gasteiger partial charge >= 0.3 is 0 Å². The van der Waals surface area contributed by atoms with Gasteiger partial charge in [0.2, 0.25) is 0 Å². The molecule has 1 fully saturated rings. The summed E-state index contributed by atoms with van der Waals surface area (Å²) in [5, 5.41) is 10.3.